The summed E-state index contributed by atoms with van der Waals surface area (Å²) in [6.45, 7) is -1.53. The van der Waals surface area contributed by atoms with Crippen LogP contribution in [0.3, 0.4) is 0 Å². The van der Waals surface area contributed by atoms with E-state index in [0.717, 1.165) is 0 Å². The zero-order valence-electron chi connectivity index (χ0n) is 19.6. The Morgan fingerprint density at radius 2 is 1.56 bits per heavy atom. The molecule has 3 rings (SSSR count). The number of aliphatic hydroxyl groups excluding tert-OH is 1. The van der Waals surface area contributed by atoms with Crippen LogP contribution in [-0.4, -0.2) is 104 Å². The molecule has 3 heterocycles. The van der Waals surface area contributed by atoms with Crippen LogP contribution < -0.4 is 0 Å². The number of aliphatic hydroxyl groups is 1. The molecule has 0 saturated carbocycles. The Kier molecular flexibility index (Phi) is 10.5. The fraction of sp³-hybridized carbons (Fsp3) is 0.875. The fourth-order valence-electron chi connectivity index (χ4n) is 3.90. The largest absolute Gasteiger partial charge is 0.472 e. The lowest BCUT2D eigenvalue weighted by molar-refractivity contribution is -0.0491. The van der Waals surface area contributed by atoms with Gasteiger partial charge in [-0.2, -0.15) is 0 Å². The molecule has 5 unspecified atom stereocenters. The third-order valence-electron chi connectivity index (χ3n) is 5.65. The second kappa shape index (κ2) is 12.4. The van der Waals surface area contributed by atoms with E-state index >= 15 is 0 Å². The zero-order valence-corrected chi connectivity index (χ0v) is 22.2. The molecule has 3 aliphatic rings. The number of fused-ring (bicyclic) bond motifs is 2. The lowest BCUT2D eigenvalue weighted by Crippen LogP contribution is -2.40. The average Bonchev–Trinajstić information content (AvgIpc) is 3.20. The average molecular weight is 576 g/mol. The van der Waals surface area contributed by atoms with Crippen molar-refractivity contribution < 1.29 is 70.1 Å². The topological polar surface area (TPSA) is 206 Å². The van der Waals surface area contributed by atoms with E-state index in [1.165, 1.54) is 15.7 Å². The van der Waals surface area contributed by atoms with Crippen molar-refractivity contribution in [2.24, 2.45) is 0 Å². The van der Waals surface area contributed by atoms with Crippen molar-refractivity contribution in [1.29, 1.82) is 0 Å². The van der Waals surface area contributed by atoms with E-state index < -0.39 is 85.3 Å². The van der Waals surface area contributed by atoms with Gasteiger partial charge in [0.15, 0.2) is 0 Å². The van der Waals surface area contributed by atoms with Crippen LogP contribution in [0.2, 0.25) is 0 Å². The number of hydrogen-bond donors (Lipinski definition) is 4. The highest BCUT2D eigenvalue weighted by Crippen LogP contribution is 2.54. The number of phosphoric ester groups is 3. The molecule has 15 nitrogen and oxygen atoms in total. The van der Waals surface area contributed by atoms with Gasteiger partial charge in [0.2, 0.25) is 0 Å². The fourth-order valence-corrected chi connectivity index (χ4v) is 6.84. The highest BCUT2D eigenvalue weighted by atomic mass is 31.2. The summed E-state index contributed by atoms with van der Waals surface area (Å²) in [4.78, 5) is 30.6. The Hall–Kier alpha value is -0.100. The summed E-state index contributed by atoms with van der Waals surface area (Å²) in [5.74, 6) is 2.43. The summed E-state index contributed by atoms with van der Waals surface area (Å²) in [5, 5.41) is 10.2. The van der Waals surface area contributed by atoms with Crippen LogP contribution in [0, 0.1) is 12.3 Å². The van der Waals surface area contributed by atoms with Gasteiger partial charge in [-0.1, -0.05) is 0 Å². The molecule has 3 fully saturated rings. The third-order valence-corrected chi connectivity index (χ3v) is 8.64. The number of phosphoric acid groups is 3. The molecule has 0 aromatic rings. The number of terminal acetylenes is 1. The molecule has 3 saturated heterocycles. The number of unbranched alkanes of at least 4 members (excludes halogenated alkanes) is 2. The SMILES string of the molecule is B[C@@H]1O[C@@H]2COP(=O)(O)OC3[C@@H](COP(=O)(O)OC2[C@@H]1O)O[C@@H](B)[C@H]3OP(=O)(O)OCCCCC#C. The summed E-state index contributed by atoms with van der Waals surface area (Å²) < 4.78 is 79.0. The van der Waals surface area contributed by atoms with E-state index in [0.29, 0.717) is 19.3 Å². The summed E-state index contributed by atoms with van der Waals surface area (Å²) in [5.41, 5.74) is 0. The highest BCUT2D eigenvalue weighted by molar-refractivity contribution is 7.48. The molecular weight excluding hydrogens is 547 g/mol. The standard InChI is InChI=1S/C16H29B2O15P3/c1-2-3-4-5-6-26-34(20,21)33-14-13-10(30-16(14)18)8-28-35(22,23)31-12-9(29-15(17)11(12)19)7-27-36(24,25)32-13/h1,9-16,19H,3-8,17-18H2,(H,20,21)(H,22,23)(H,24,25)/t9-,10-,11+,12?,13?,14+,15-,16-/m1/s1. The number of ether oxygens (including phenoxy) is 2. The van der Waals surface area contributed by atoms with Gasteiger partial charge >= 0.3 is 23.5 Å². The van der Waals surface area contributed by atoms with Crippen LogP contribution in [0.25, 0.3) is 0 Å². The molecule has 36 heavy (non-hydrogen) atoms. The van der Waals surface area contributed by atoms with Gasteiger partial charge in [0.25, 0.3) is 0 Å². The highest BCUT2D eigenvalue weighted by Gasteiger charge is 2.53. The molecule has 0 aromatic carbocycles. The summed E-state index contributed by atoms with van der Waals surface area (Å²) >= 11 is 0. The zero-order chi connectivity index (χ0) is 26.7. The summed E-state index contributed by atoms with van der Waals surface area (Å²) in [6.07, 6.45) is -1.77. The minimum absolute atomic E-state index is 0.144. The Bertz CT molecular complexity index is 948. The Balaban J connectivity index is 1.76. The lowest BCUT2D eigenvalue weighted by atomic mass is 9.93. The molecule has 0 bridgehead atoms. The van der Waals surface area contributed by atoms with E-state index in [9.17, 15) is 33.5 Å². The van der Waals surface area contributed by atoms with Crippen molar-refractivity contribution in [3.63, 3.8) is 0 Å². The second-order valence-electron chi connectivity index (χ2n) is 8.45. The van der Waals surface area contributed by atoms with Crippen molar-refractivity contribution in [3.8, 4) is 12.3 Å². The maximum Gasteiger partial charge on any atom is 0.472 e. The first-order chi connectivity index (χ1) is 16.7. The first kappa shape index (κ1) is 30.4. The van der Waals surface area contributed by atoms with E-state index in [1.54, 1.807) is 0 Å². The van der Waals surface area contributed by atoms with E-state index in [1.807, 2.05) is 0 Å². The molecule has 0 radical (unpaired) electrons. The first-order valence-electron chi connectivity index (χ1n) is 11.1. The maximum absolute atomic E-state index is 12.7. The van der Waals surface area contributed by atoms with E-state index in [4.69, 9.17) is 43.0 Å². The van der Waals surface area contributed by atoms with E-state index in [-0.39, 0.29) is 6.61 Å². The quantitative estimate of drug-likeness (QED) is 0.116. The van der Waals surface area contributed by atoms with Crippen LogP contribution in [0.4, 0.5) is 0 Å². The molecule has 0 aromatic heterocycles. The number of rotatable bonds is 7. The minimum Gasteiger partial charge on any atom is -0.388 e. The third kappa shape index (κ3) is 8.20. The second-order valence-corrected chi connectivity index (χ2v) is 12.7. The van der Waals surface area contributed by atoms with Crippen LogP contribution >= 0.6 is 23.5 Å². The summed E-state index contributed by atoms with van der Waals surface area (Å²) in [7, 11) is -11.5. The molecular formula is C16H29B2O15P3. The Labute approximate surface area is 209 Å². The Morgan fingerprint density at radius 3 is 2.17 bits per heavy atom. The smallest absolute Gasteiger partial charge is 0.388 e. The lowest BCUT2D eigenvalue weighted by Gasteiger charge is -2.29. The van der Waals surface area contributed by atoms with Crippen molar-refractivity contribution in [1.82, 2.24) is 0 Å². The normalized spacial score (nSPS) is 45.4. The van der Waals surface area contributed by atoms with Crippen molar-refractivity contribution in [2.45, 2.75) is 67.9 Å². The Morgan fingerprint density at radius 1 is 1.00 bits per heavy atom. The van der Waals surface area contributed by atoms with Crippen LogP contribution in [0.5, 0.6) is 0 Å². The van der Waals surface area contributed by atoms with Crippen LogP contribution in [0.15, 0.2) is 0 Å². The van der Waals surface area contributed by atoms with Gasteiger partial charge in [-0.05, 0) is 12.8 Å². The van der Waals surface area contributed by atoms with Gasteiger partial charge in [-0.25, -0.2) is 13.7 Å². The van der Waals surface area contributed by atoms with Gasteiger partial charge in [-0.3, -0.25) is 27.1 Å². The van der Waals surface area contributed by atoms with Crippen molar-refractivity contribution in [3.05, 3.63) is 0 Å². The maximum atomic E-state index is 12.7. The van der Waals surface area contributed by atoms with Crippen molar-refractivity contribution in [2.75, 3.05) is 19.8 Å². The molecule has 0 amide bonds. The molecule has 0 spiro atoms. The van der Waals surface area contributed by atoms with E-state index in [2.05, 4.69) is 5.92 Å². The number of hydrogen-bond acceptors (Lipinski definition) is 12. The van der Waals surface area contributed by atoms with Gasteiger partial charge in [-0.15, -0.1) is 12.3 Å². The van der Waals surface area contributed by atoms with Gasteiger partial charge in [0.05, 0.1) is 31.8 Å². The summed E-state index contributed by atoms with van der Waals surface area (Å²) in [6, 6.07) is -1.86. The van der Waals surface area contributed by atoms with Gasteiger partial charge in [0.1, 0.15) is 52.3 Å². The molecule has 3 aliphatic heterocycles. The molecule has 4 N–H and O–H groups in total. The van der Waals surface area contributed by atoms with Crippen molar-refractivity contribution >= 4 is 39.2 Å². The molecule has 11 atom stereocenters. The van der Waals surface area contributed by atoms with Crippen LogP contribution in [-0.2, 0) is 50.3 Å². The van der Waals surface area contributed by atoms with Gasteiger partial charge < -0.3 is 29.3 Å². The molecule has 204 valence electrons. The first-order valence-corrected chi connectivity index (χ1v) is 15.6. The van der Waals surface area contributed by atoms with Crippen LogP contribution in [0.1, 0.15) is 19.3 Å². The predicted octanol–water partition coefficient (Wildman–Crippen LogP) is -1.61. The monoisotopic (exact) mass is 576 g/mol. The molecule has 20 heteroatoms. The minimum atomic E-state index is -4.89. The predicted molar refractivity (Wildman–Crippen MR) is 125 cm³/mol. The molecule has 0 aliphatic carbocycles. The van der Waals surface area contributed by atoms with Gasteiger partial charge in [0, 0.05) is 6.42 Å².